The lowest BCUT2D eigenvalue weighted by Gasteiger charge is -2.09. The van der Waals surface area contributed by atoms with Gasteiger partial charge in [-0.25, -0.2) is 0 Å². The molecule has 0 aliphatic heterocycles. The number of amides is 1. The highest BCUT2D eigenvalue weighted by atomic mass is 16.1. The largest absolute Gasteiger partial charge is 0.397 e. The van der Waals surface area contributed by atoms with E-state index in [2.05, 4.69) is 5.32 Å². The molecule has 0 bridgehead atoms. The van der Waals surface area contributed by atoms with Gasteiger partial charge in [0, 0.05) is 5.57 Å². The Hall–Kier alpha value is -2.03. The molecule has 0 saturated carbocycles. The summed E-state index contributed by atoms with van der Waals surface area (Å²) in [6.45, 7) is 5.95. The molecule has 0 unspecified atom stereocenters. The molecule has 0 spiro atoms. The van der Waals surface area contributed by atoms with E-state index in [1.807, 2.05) is 45.1 Å². The molecular weight excluding hydrogens is 224 g/mol. The van der Waals surface area contributed by atoms with Crippen molar-refractivity contribution >= 4 is 17.3 Å². The second-order valence-electron chi connectivity index (χ2n) is 4.33. The lowest BCUT2D eigenvalue weighted by atomic mass is 10.1. The molecule has 3 nitrogen and oxygen atoms in total. The van der Waals surface area contributed by atoms with E-state index in [1.165, 1.54) is 0 Å². The number of hydrogen-bond acceptors (Lipinski definition) is 2. The monoisotopic (exact) mass is 244 g/mol. The topological polar surface area (TPSA) is 55.1 Å². The summed E-state index contributed by atoms with van der Waals surface area (Å²) < 4.78 is 0. The normalized spacial score (nSPS) is 10.9. The lowest BCUT2D eigenvalue weighted by Crippen LogP contribution is -2.15. The van der Waals surface area contributed by atoms with Crippen LogP contribution >= 0.6 is 0 Å². The molecule has 3 heteroatoms. The summed E-state index contributed by atoms with van der Waals surface area (Å²) in [5.74, 6) is -0.104. The molecule has 0 aromatic heterocycles. The maximum atomic E-state index is 12.0. The number of rotatable bonds is 4. The van der Waals surface area contributed by atoms with Crippen molar-refractivity contribution in [2.45, 2.75) is 27.2 Å². The molecule has 1 rings (SSSR count). The number of allylic oxidation sites excluding steroid dienone is 3. The van der Waals surface area contributed by atoms with Crippen LogP contribution in [0.5, 0.6) is 0 Å². The Kier molecular flexibility index (Phi) is 5.18. The van der Waals surface area contributed by atoms with Crippen LogP contribution in [0.1, 0.15) is 27.2 Å². The first-order valence-electron chi connectivity index (χ1n) is 6.04. The van der Waals surface area contributed by atoms with Gasteiger partial charge < -0.3 is 11.1 Å². The Labute approximate surface area is 108 Å². The maximum absolute atomic E-state index is 12.0. The zero-order valence-corrected chi connectivity index (χ0v) is 11.2. The second-order valence-corrected chi connectivity index (χ2v) is 4.33. The fourth-order valence-corrected chi connectivity index (χ4v) is 1.43. The summed E-state index contributed by atoms with van der Waals surface area (Å²) in [7, 11) is 0. The van der Waals surface area contributed by atoms with Crippen molar-refractivity contribution in [2.75, 3.05) is 11.1 Å². The van der Waals surface area contributed by atoms with E-state index in [1.54, 1.807) is 12.1 Å². The molecule has 0 saturated heterocycles. The highest BCUT2D eigenvalue weighted by molar-refractivity contribution is 6.05. The number of nitrogen functional groups attached to an aromatic ring is 1. The van der Waals surface area contributed by atoms with E-state index in [4.69, 9.17) is 5.73 Å². The average molecular weight is 244 g/mol. The molecule has 96 valence electrons. The molecule has 0 fully saturated rings. The van der Waals surface area contributed by atoms with E-state index in [0.717, 1.165) is 11.1 Å². The number of carbonyl (C=O) groups excluding carboxylic acids is 1. The van der Waals surface area contributed by atoms with Crippen LogP contribution in [-0.2, 0) is 4.79 Å². The van der Waals surface area contributed by atoms with Gasteiger partial charge in [0.05, 0.1) is 11.4 Å². The van der Waals surface area contributed by atoms with Gasteiger partial charge in [-0.15, -0.1) is 0 Å². The van der Waals surface area contributed by atoms with Gasteiger partial charge in [-0.1, -0.05) is 36.8 Å². The smallest absolute Gasteiger partial charge is 0.251 e. The number of nitrogens with one attached hydrogen (secondary N) is 1. The minimum absolute atomic E-state index is 0.104. The van der Waals surface area contributed by atoms with Crippen LogP contribution in [0, 0.1) is 0 Å². The second kappa shape index (κ2) is 6.64. The molecule has 1 aromatic rings. The summed E-state index contributed by atoms with van der Waals surface area (Å²) in [5, 5.41) is 2.82. The van der Waals surface area contributed by atoms with Crippen molar-refractivity contribution in [1.29, 1.82) is 0 Å². The number of anilines is 2. The Morgan fingerprint density at radius 1 is 1.28 bits per heavy atom. The molecule has 0 heterocycles. The summed E-state index contributed by atoms with van der Waals surface area (Å²) in [6.07, 6.45) is 4.47. The SMILES string of the molecule is CC/C(=C\C=C(C)C)C(=O)Nc1ccccc1N. The highest BCUT2D eigenvalue weighted by Crippen LogP contribution is 2.18. The van der Waals surface area contributed by atoms with Crippen molar-refractivity contribution in [1.82, 2.24) is 0 Å². The van der Waals surface area contributed by atoms with Gasteiger partial charge in [0.25, 0.3) is 5.91 Å². The van der Waals surface area contributed by atoms with Crippen molar-refractivity contribution in [3.63, 3.8) is 0 Å². The van der Waals surface area contributed by atoms with Gasteiger partial charge in [-0.2, -0.15) is 0 Å². The van der Waals surface area contributed by atoms with Crippen molar-refractivity contribution in [3.8, 4) is 0 Å². The van der Waals surface area contributed by atoms with Gasteiger partial charge in [0.1, 0.15) is 0 Å². The molecule has 1 aromatic carbocycles. The Morgan fingerprint density at radius 3 is 2.50 bits per heavy atom. The number of para-hydroxylation sites is 2. The average Bonchev–Trinajstić information content (AvgIpc) is 2.32. The number of hydrogen-bond donors (Lipinski definition) is 2. The standard InChI is InChI=1S/C15H20N2O/c1-4-12(10-9-11(2)3)15(18)17-14-8-6-5-7-13(14)16/h5-10H,4,16H2,1-3H3,(H,17,18)/b12-10+. The first-order chi connectivity index (χ1) is 8.54. The third kappa shape index (κ3) is 4.09. The van der Waals surface area contributed by atoms with Gasteiger partial charge in [-0.3, -0.25) is 4.79 Å². The van der Waals surface area contributed by atoms with Crippen LogP contribution in [0.3, 0.4) is 0 Å². The maximum Gasteiger partial charge on any atom is 0.251 e. The Bertz CT molecular complexity index is 483. The van der Waals surface area contributed by atoms with E-state index in [-0.39, 0.29) is 5.91 Å². The van der Waals surface area contributed by atoms with E-state index in [0.29, 0.717) is 17.8 Å². The third-order valence-electron chi connectivity index (χ3n) is 2.50. The van der Waals surface area contributed by atoms with Gasteiger partial charge in [0.15, 0.2) is 0 Å². The fraction of sp³-hybridized carbons (Fsp3) is 0.267. The lowest BCUT2D eigenvalue weighted by molar-refractivity contribution is -0.112. The van der Waals surface area contributed by atoms with Crippen LogP contribution in [0.25, 0.3) is 0 Å². The van der Waals surface area contributed by atoms with Crippen molar-refractivity contribution in [2.24, 2.45) is 0 Å². The first-order valence-corrected chi connectivity index (χ1v) is 6.04. The van der Waals surface area contributed by atoms with Crippen LogP contribution in [-0.4, -0.2) is 5.91 Å². The van der Waals surface area contributed by atoms with Crippen molar-refractivity contribution < 1.29 is 4.79 Å². The third-order valence-corrected chi connectivity index (χ3v) is 2.50. The van der Waals surface area contributed by atoms with E-state index in [9.17, 15) is 4.79 Å². The van der Waals surface area contributed by atoms with Crippen LogP contribution < -0.4 is 11.1 Å². The number of benzene rings is 1. The molecule has 3 N–H and O–H groups in total. The molecule has 18 heavy (non-hydrogen) atoms. The Morgan fingerprint density at radius 2 is 1.94 bits per heavy atom. The summed E-state index contributed by atoms with van der Waals surface area (Å²) in [5.41, 5.74) is 8.91. The van der Waals surface area contributed by atoms with E-state index < -0.39 is 0 Å². The number of carbonyl (C=O) groups is 1. The summed E-state index contributed by atoms with van der Waals surface area (Å²) in [4.78, 5) is 12.0. The van der Waals surface area contributed by atoms with Crippen LogP contribution in [0.15, 0.2) is 47.6 Å². The zero-order valence-electron chi connectivity index (χ0n) is 11.2. The van der Waals surface area contributed by atoms with Gasteiger partial charge in [-0.05, 0) is 32.4 Å². The van der Waals surface area contributed by atoms with Gasteiger partial charge >= 0.3 is 0 Å². The van der Waals surface area contributed by atoms with Gasteiger partial charge in [0.2, 0.25) is 0 Å². The molecule has 0 aliphatic rings. The Balaban J connectivity index is 2.84. The predicted molar refractivity (Wildman–Crippen MR) is 77.3 cm³/mol. The zero-order chi connectivity index (χ0) is 13.5. The molecule has 0 aliphatic carbocycles. The number of nitrogens with two attached hydrogens (primary N) is 1. The van der Waals surface area contributed by atoms with E-state index >= 15 is 0 Å². The first kappa shape index (κ1) is 14.0. The summed E-state index contributed by atoms with van der Waals surface area (Å²) in [6, 6.07) is 7.24. The predicted octanol–water partition coefficient (Wildman–Crippen LogP) is 3.51. The highest BCUT2D eigenvalue weighted by Gasteiger charge is 2.08. The summed E-state index contributed by atoms with van der Waals surface area (Å²) >= 11 is 0. The minimum Gasteiger partial charge on any atom is -0.397 e. The minimum atomic E-state index is -0.104. The van der Waals surface area contributed by atoms with Crippen molar-refractivity contribution in [3.05, 3.63) is 47.6 Å². The molecular formula is C15H20N2O. The molecule has 0 radical (unpaired) electrons. The quantitative estimate of drug-likeness (QED) is 0.484. The molecule has 1 amide bonds. The van der Waals surface area contributed by atoms with Crippen LogP contribution in [0.2, 0.25) is 0 Å². The molecule has 0 atom stereocenters. The van der Waals surface area contributed by atoms with Crippen LogP contribution in [0.4, 0.5) is 11.4 Å². The fourth-order valence-electron chi connectivity index (χ4n) is 1.43.